The van der Waals surface area contributed by atoms with Crippen LogP contribution in [0, 0.1) is 11.7 Å². The molecule has 0 saturated carbocycles. The summed E-state index contributed by atoms with van der Waals surface area (Å²) >= 11 is 5.85. The Morgan fingerprint density at radius 1 is 1.35 bits per heavy atom. The number of halogens is 2. The second-order valence-electron chi connectivity index (χ2n) is 4.86. The Labute approximate surface area is 122 Å². The molecule has 0 unspecified atom stereocenters. The molecule has 0 spiro atoms. The van der Waals surface area contributed by atoms with Crippen molar-refractivity contribution in [2.24, 2.45) is 5.92 Å². The number of piperidine rings is 1. The summed E-state index contributed by atoms with van der Waals surface area (Å²) in [7, 11) is -3.81. The Morgan fingerprint density at radius 2 is 1.95 bits per heavy atom. The van der Waals surface area contributed by atoms with Gasteiger partial charge in [0.2, 0.25) is 10.0 Å². The Balaban J connectivity index is 2.24. The third kappa shape index (κ3) is 3.02. The molecule has 0 aromatic heterocycles. The Morgan fingerprint density at radius 3 is 2.50 bits per heavy atom. The summed E-state index contributed by atoms with van der Waals surface area (Å²) in [5, 5.41) is 0.0000846. The van der Waals surface area contributed by atoms with Crippen molar-refractivity contribution in [1.82, 2.24) is 4.31 Å². The third-order valence-electron chi connectivity index (χ3n) is 3.54. The summed E-state index contributed by atoms with van der Waals surface area (Å²) in [5.74, 6) is -0.665. The van der Waals surface area contributed by atoms with Crippen molar-refractivity contribution in [1.29, 1.82) is 0 Å². The predicted molar refractivity (Wildman–Crippen MR) is 73.6 cm³/mol. The van der Waals surface area contributed by atoms with Crippen molar-refractivity contribution in [2.75, 3.05) is 13.1 Å². The molecule has 1 saturated heterocycles. The molecule has 0 aliphatic carbocycles. The Kier molecular flexibility index (Phi) is 4.46. The van der Waals surface area contributed by atoms with Crippen molar-refractivity contribution < 1.29 is 17.6 Å². The average Bonchev–Trinajstić information content (AvgIpc) is 2.41. The van der Waals surface area contributed by atoms with E-state index in [1.807, 2.05) is 0 Å². The van der Waals surface area contributed by atoms with Gasteiger partial charge in [-0.2, -0.15) is 4.31 Å². The van der Waals surface area contributed by atoms with Gasteiger partial charge in [-0.3, -0.25) is 4.79 Å². The molecule has 1 aromatic rings. The van der Waals surface area contributed by atoms with Crippen LogP contribution in [0.4, 0.5) is 4.39 Å². The van der Waals surface area contributed by atoms with Gasteiger partial charge in [-0.15, -0.1) is 0 Å². The van der Waals surface area contributed by atoms with Gasteiger partial charge in [-0.1, -0.05) is 11.6 Å². The molecule has 0 atom stereocenters. The molecule has 110 valence electrons. The van der Waals surface area contributed by atoms with Gasteiger partial charge in [0, 0.05) is 19.0 Å². The first-order valence-electron chi connectivity index (χ1n) is 6.28. The normalized spacial score (nSPS) is 18.1. The first-order chi connectivity index (χ1) is 9.32. The van der Waals surface area contributed by atoms with E-state index < -0.39 is 15.8 Å². The van der Waals surface area contributed by atoms with E-state index in [1.54, 1.807) is 0 Å². The molecule has 7 heteroatoms. The lowest BCUT2D eigenvalue weighted by atomic mass is 9.95. The summed E-state index contributed by atoms with van der Waals surface area (Å²) in [4.78, 5) is 11.1. The van der Waals surface area contributed by atoms with E-state index in [0.717, 1.165) is 12.1 Å². The van der Waals surface area contributed by atoms with Gasteiger partial charge in [0.1, 0.15) is 16.5 Å². The van der Waals surface area contributed by atoms with Crippen LogP contribution >= 0.6 is 11.6 Å². The minimum absolute atomic E-state index is 0.0000846. The van der Waals surface area contributed by atoms with Gasteiger partial charge >= 0.3 is 0 Å². The standard InChI is InChI=1S/C13H15ClFNO3S/c1-9(17)10-4-6-16(7-5-10)20(18,19)13-8-11(15)2-3-12(13)14/h2-3,8,10H,4-7H2,1H3. The second kappa shape index (κ2) is 5.79. The first kappa shape index (κ1) is 15.4. The summed E-state index contributed by atoms with van der Waals surface area (Å²) in [6, 6.07) is 3.27. The number of hydrogen-bond acceptors (Lipinski definition) is 3. The largest absolute Gasteiger partial charge is 0.300 e. The van der Waals surface area contributed by atoms with Crippen molar-refractivity contribution in [2.45, 2.75) is 24.7 Å². The van der Waals surface area contributed by atoms with E-state index in [0.29, 0.717) is 12.8 Å². The van der Waals surface area contributed by atoms with Gasteiger partial charge in [0.05, 0.1) is 5.02 Å². The third-order valence-corrected chi connectivity index (χ3v) is 5.92. The van der Waals surface area contributed by atoms with Crippen LogP contribution in [-0.2, 0) is 14.8 Å². The fourth-order valence-corrected chi connectivity index (χ4v) is 4.27. The molecule has 1 aliphatic heterocycles. The molecule has 2 rings (SSSR count). The average molecular weight is 320 g/mol. The van der Waals surface area contributed by atoms with Crippen LogP contribution in [0.3, 0.4) is 0 Å². The van der Waals surface area contributed by atoms with E-state index in [9.17, 15) is 17.6 Å². The second-order valence-corrected chi connectivity index (χ2v) is 7.18. The molecule has 0 N–H and O–H groups in total. The molecule has 1 fully saturated rings. The maximum Gasteiger partial charge on any atom is 0.244 e. The van der Waals surface area contributed by atoms with Crippen LogP contribution in [0.25, 0.3) is 0 Å². The number of rotatable bonds is 3. The zero-order valence-electron chi connectivity index (χ0n) is 11.0. The van der Waals surface area contributed by atoms with E-state index in [1.165, 1.54) is 17.3 Å². The molecule has 4 nitrogen and oxygen atoms in total. The van der Waals surface area contributed by atoms with Gasteiger partial charge in [-0.25, -0.2) is 12.8 Å². The molecule has 1 aromatic carbocycles. The van der Waals surface area contributed by atoms with Crippen molar-refractivity contribution in [3.63, 3.8) is 0 Å². The summed E-state index contributed by atoms with van der Waals surface area (Å²) in [5.41, 5.74) is 0. The highest BCUT2D eigenvalue weighted by Gasteiger charge is 2.32. The number of hydrogen-bond donors (Lipinski definition) is 0. The monoisotopic (exact) mass is 319 g/mol. The molecule has 1 aliphatic rings. The van der Waals surface area contributed by atoms with Crippen LogP contribution in [0.15, 0.2) is 23.1 Å². The molecular weight excluding hydrogens is 305 g/mol. The minimum atomic E-state index is -3.81. The van der Waals surface area contributed by atoms with E-state index >= 15 is 0 Å². The number of sulfonamides is 1. The van der Waals surface area contributed by atoms with E-state index in [2.05, 4.69) is 0 Å². The zero-order chi connectivity index (χ0) is 14.9. The minimum Gasteiger partial charge on any atom is -0.300 e. The van der Waals surface area contributed by atoms with Crippen LogP contribution < -0.4 is 0 Å². The van der Waals surface area contributed by atoms with Crippen LogP contribution in [0.2, 0.25) is 5.02 Å². The molecule has 20 heavy (non-hydrogen) atoms. The first-order valence-corrected chi connectivity index (χ1v) is 8.10. The Bertz CT molecular complexity index is 625. The number of ketones is 1. The highest BCUT2D eigenvalue weighted by atomic mass is 35.5. The molecule has 1 heterocycles. The molecule has 0 bridgehead atoms. The summed E-state index contributed by atoms with van der Waals surface area (Å²) in [6.07, 6.45) is 0.975. The van der Waals surface area contributed by atoms with E-state index in [-0.39, 0.29) is 34.7 Å². The molecular formula is C13H15ClFNO3S. The topological polar surface area (TPSA) is 54.5 Å². The molecule has 0 amide bonds. The fourth-order valence-electron chi connectivity index (χ4n) is 2.32. The van der Waals surface area contributed by atoms with Gasteiger partial charge in [0.25, 0.3) is 0 Å². The number of nitrogens with zero attached hydrogens (tertiary/aromatic N) is 1. The van der Waals surface area contributed by atoms with Crippen LogP contribution in [0.1, 0.15) is 19.8 Å². The Hall–Kier alpha value is -0.980. The highest BCUT2D eigenvalue weighted by molar-refractivity contribution is 7.89. The number of Topliss-reactive ketones (excluding diaryl/α,β-unsaturated/α-hetero) is 1. The number of benzene rings is 1. The van der Waals surface area contributed by atoms with Gasteiger partial charge < -0.3 is 0 Å². The quantitative estimate of drug-likeness (QED) is 0.860. The maximum absolute atomic E-state index is 13.2. The molecule has 0 radical (unpaired) electrons. The van der Waals surface area contributed by atoms with Crippen molar-refractivity contribution in [3.05, 3.63) is 29.0 Å². The number of carbonyl (C=O) groups excluding carboxylic acids is 1. The smallest absolute Gasteiger partial charge is 0.244 e. The lowest BCUT2D eigenvalue weighted by Crippen LogP contribution is -2.40. The lowest BCUT2D eigenvalue weighted by molar-refractivity contribution is -0.121. The van der Waals surface area contributed by atoms with Crippen molar-refractivity contribution in [3.8, 4) is 0 Å². The predicted octanol–water partition coefficient (Wildman–Crippen LogP) is 2.47. The van der Waals surface area contributed by atoms with Crippen LogP contribution in [0.5, 0.6) is 0 Å². The van der Waals surface area contributed by atoms with Crippen LogP contribution in [-0.4, -0.2) is 31.6 Å². The highest BCUT2D eigenvalue weighted by Crippen LogP contribution is 2.28. The SMILES string of the molecule is CC(=O)C1CCN(S(=O)(=O)c2cc(F)ccc2Cl)CC1. The summed E-state index contributed by atoms with van der Waals surface area (Å²) in [6.45, 7) is 2.01. The van der Waals surface area contributed by atoms with Crippen molar-refractivity contribution >= 4 is 27.4 Å². The zero-order valence-corrected chi connectivity index (χ0v) is 12.5. The lowest BCUT2D eigenvalue weighted by Gasteiger charge is -2.30. The maximum atomic E-state index is 13.2. The van der Waals surface area contributed by atoms with E-state index in [4.69, 9.17) is 11.6 Å². The van der Waals surface area contributed by atoms with Gasteiger partial charge in [-0.05, 0) is 38.0 Å². The van der Waals surface area contributed by atoms with Gasteiger partial charge in [0.15, 0.2) is 0 Å². The fraction of sp³-hybridized carbons (Fsp3) is 0.462. The summed E-state index contributed by atoms with van der Waals surface area (Å²) < 4.78 is 39.3. The number of carbonyl (C=O) groups is 1.